The smallest absolute Gasteiger partial charge is 0.254 e. The Balaban J connectivity index is 2.59. The van der Waals surface area contributed by atoms with Crippen molar-refractivity contribution in [3.63, 3.8) is 0 Å². The van der Waals surface area contributed by atoms with Crippen LogP contribution in [0, 0.1) is 0 Å². The monoisotopic (exact) mass is 256 g/mol. The van der Waals surface area contributed by atoms with Crippen molar-refractivity contribution in [2.75, 3.05) is 12.3 Å². The second-order valence-electron chi connectivity index (χ2n) is 3.81. The second kappa shape index (κ2) is 6.47. The lowest BCUT2D eigenvalue weighted by Crippen LogP contribution is -2.27. The molecule has 0 aliphatic carbocycles. The number of benzene rings is 1. The van der Waals surface area contributed by atoms with Gasteiger partial charge in [0.15, 0.2) is 0 Å². The van der Waals surface area contributed by atoms with Gasteiger partial charge in [-0.05, 0) is 25.0 Å². The molecule has 0 aliphatic heterocycles. The Bertz CT molecular complexity index is 376. The molecule has 1 aromatic rings. The number of anilines is 1. The largest absolute Gasteiger partial charge is 0.398 e. The van der Waals surface area contributed by atoms with E-state index in [0.717, 1.165) is 0 Å². The molecule has 0 aromatic heterocycles. The maximum Gasteiger partial charge on any atom is 0.254 e. The topological polar surface area (TPSA) is 75.3 Å². The fraction of sp³-hybridized carbons (Fsp3) is 0.417. The maximum absolute atomic E-state index is 11.8. The number of nitrogen functional groups attached to an aromatic ring is 1. The van der Waals surface area contributed by atoms with Crippen LogP contribution in [-0.4, -0.2) is 23.7 Å². The van der Waals surface area contributed by atoms with Crippen LogP contribution in [0.25, 0.3) is 0 Å². The molecule has 1 unspecified atom stereocenters. The van der Waals surface area contributed by atoms with Gasteiger partial charge in [-0.1, -0.05) is 24.6 Å². The predicted octanol–water partition coefficient (Wildman–Crippen LogP) is 1.81. The van der Waals surface area contributed by atoms with Gasteiger partial charge in [-0.3, -0.25) is 4.79 Å². The lowest BCUT2D eigenvalue weighted by atomic mass is 10.1. The molecule has 0 saturated heterocycles. The van der Waals surface area contributed by atoms with Gasteiger partial charge in [0.1, 0.15) is 0 Å². The molecule has 1 aromatic carbocycles. The number of aliphatic hydroxyl groups is 1. The van der Waals surface area contributed by atoms with Crippen molar-refractivity contribution in [2.45, 2.75) is 25.9 Å². The van der Waals surface area contributed by atoms with Crippen molar-refractivity contribution in [3.8, 4) is 0 Å². The zero-order valence-corrected chi connectivity index (χ0v) is 10.5. The van der Waals surface area contributed by atoms with E-state index in [4.69, 9.17) is 17.3 Å². The van der Waals surface area contributed by atoms with Gasteiger partial charge in [0.2, 0.25) is 0 Å². The van der Waals surface area contributed by atoms with Crippen molar-refractivity contribution >= 4 is 23.2 Å². The minimum Gasteiger partial charge on any atom is -0.398 e. The Morgan fingerprint density at radius 2 is 2.29 bits per heavy atom. The summed E-state index contributed by atoms with van der Waals surface area (Å²) in [4.78, 5) is 11.8. The first kappa shape index (κ1) is 13.8. The number of carbonyl (C=O) groups is 1. The third kappa shape index (κ3) is 3.91. The fourth-order valence-electron chi connectivity index (χ4n) is 1.43. The van der Waals surface area contributed by atoms with E-state index < -0.39 is 0 Å². The van der Waals surface area contributed by atoms with Crippen LogP contribution in [0.2, 0.25) is 5.02 Å². The van der Waals surface area contributed by atoms with E-state index in [-0.39, 0.29) is 12.0 Å². The van der Waals surface area contributed by atoms with Gasteiger partial charge in [-0.2, -0.15) is 0 Å². The number of rotatable bonds is 5. The maximum atomic E-state index is 11.8. The van der Waals surface area contributed by atoms with Gasteiger partial charge >= 0.3 is 0 Å². The SMILES string of the molecule is CCC(O)CCNC(=O)c1c(N)cccc1Cl. The minimum absolute atomic E-state index is 0.292. The van der Waals surface area contributed by atoms with Crippen LogP contribution in [0.4, 0.5) is 5.69 Å². The first-order valence-corrected chi connectivity index (χ1v) is 5.94. The third-order valence-electron chi connectivity index (χ3n) is 2.51. The molecule has 4 nitrogen and oxygen atoms in total. The van der Waals surface area contributed by atoms with Crippen LogP contribution < -0.4 is 11.1 Å². The zero-order valence-electron chi connectivity index (χ0n) is 9.74. The number of nitrogens with one attached hydrogen (secondary N) is 1. The quantitative estimate of drug-likeness (QED) is 0.704. The van der Waals surface area contributed by atoms with E-state index in [2.05, 4.69) is 5.32 Å². The predicted molar refractivity (Wildman–Crippen MR) is 69.1 cm³/mol. The van der Waals surface area contributed by atoms with E-state index in [1.54, 1.807) is 18.2 Å². The minimum atomic E-state index is -0.390. The zero-order chi connectivity index (χ0) is 12.8. The van der Waals surface area contributed by atoms with Crippen LogP contribution in [0.1, 0.15) is 30.1 Å². The summed E-state index contributed by atoms with van der Waals surface area (Å²) in [5, 5.41) is 12.4. The summed E-state index contributed by atoms with van der Waals surface area (Å²) >= 11 is 5.90. The van der Waals surface area contributed by atoms with Gasteiger partial charge in [0.05, 0.1) is 16.7 Å². The molecule has 0 heterocycles. The van der Waals surface area contributed by atoms with Crippen molar-refractivity contribution in [2.24, 2.45) is 0 Å². The lowest BCUT2D eigenvalue weighted by molar-refractivity contribution is 0.0943. The second-order valence-corrected chi connectivity index (χ2v) is 4.22. The molecule has 1 rings (SSSR count). The highest BCUT2D eigenvalue weighted by atomic mass is 35.5. The molecule has 0 spiro atoms. The van der Waals surface area contributed by atoms with Gasteiger partial charge in [-0.25, -0.2) is 0 Å². The average Bonchev–Trinajstić information content (AvgIpc) is 2.28. The lowest BCUT2D eigenvalue weighted by Gasteiger charge is -2.11. The normalized spacial score (nSPS) is 12.2. The standard InChI is InChI=1S/C12H17ClN2O2/c1-2-8(16)6-7-15-12(17)11-9(13)4-3-5-10(11)14/h3-5,8,16H,2,6-7,14H2,1H3,(H,15,17). The van der Waals surface area contributed by atoms with Crippen LogP contribution in [0.5, 0.6) is 0 Å². The van der Waals surface area contributed by atoms with E-state index in [0.29, 0.717) is 35.7 Å². The average molecular weight is 257 g/mol. The van der Waals surface area contributed by atoms with Gasteiger partial charge in [0, 0.05) is 12.2 Å². The molecule has 1 amide bonds. The molecule has 17 heavy (non-hydrogen) atoms. The Morgan fingerprint density at radius 1 is 1.59 bits per heavy atom. The molecule has 94 valence electrons. The van der Waals surface area contributed by atoms with Crippen LogP contribution in [0.3, 0.4) is 0 Å². The summed E-state index contributed by atoms with van der Waals surface area (Å²) in [5.74, 6) is -0.309. The third-order valence-corrected chi connectivity index (χ3v) is 2.82. The van der Waals surface area contributed by atoms with Crippen molar-refractivity contribution in [1.82, 2.24) is 5.32 Å². The summed E-state index contributed by atoms with van der Waals surface area (Å²) in [5.41, 5.74) is 6.33. The summed E-state index contributed by atoms with van der Waals surface area (Å²) in [6.45, 7) is 2.29. The van der Waals surface area contributed by atoms with E-state index in [9.17, 15) is 9.90 Å². The molecule has 1 atom stereocenters. The molecule has 4 N–H and O–H groups in total. The molecular weight excluding hydrogens is 240 g/mol. The van der Waals surface area contributed by atoms with Crippen molar-refractivity contribution < 1.29 is 9.90 Å². The number of nitrogens with two attached hydrogens (primary N) is 1. The number of carbonyl (C=O) groups excluding carboxylic acids is 1. The first-order chi connectivity index (χ1) is 8.06. The molecule has 5 heteroatoms. The van der Waals surface area contributed by atoms with Crippen molar-refractivity contribution in [3.05, 3.63) is 28.8 Å². The Morgan fingerprint density at radius 3 is 2.88 bits per heavy atom. The van der Waals surface area contributed by atoms with Gasteiger partial charge in [0.25, 0.3) is 5.91 Å². The Kier molecular flexibility index (Phi) is 5.25. The molecule has 0 aliphatic rings. The van der Waals surface area contributed by atoms with Gasteiger partial charge in [-0.15, -0.1) is 0 Å². The molecule has 0 bridgehead atoms. The molecular formula is C12H17ClN2O2. The van der Waals surface area contributed by atoms with Crippen LogP contribution in [-0.2, 0) is 0 Å². The summed E-state index contributed by atoms with van der Waals surface area (Å²) in [6, 6.07) is 4.94. The fourth-order valence-corrected chi connectivity index (χ4v) is 1.69. The number of aliphatic hydroxyl groups excluding tert-OH is 1. The molecule has 0 radical (unpaired) electrons. The van der Waals surface area contributed by atoms with Crippen molar-refractivity contribution in [1.29, 1.82) is 0 Å². The first-order valence-electron chi connectivity index (χ1n) is 5.56. The Hall–Kier alpha value is -1.26. The number of amides is 1. The van der Waals surface area contributed by atoms with E-state index >= 15 is 0 Å². The van der Waals surface area contributed by atoms with Gasteiger partial charge < -0.3 is 16.2 Å². The highest BCUT2D eigenvalue weighted by molar-refractivity contribution is 6.34. The number of halogens is 1. The van der Waals surface area contributed by atoms with Crippen LogP contribution >= 0.6 is 11.6 Å². The Labute approximate surface area is 106 Å². The van der Waals surface area contributed by atoms with E-state index in [1.165, 1.54) is 0 Å². The number of hydrogen-bond donors (Lipinski definition) is 3. The summed E-state index contributed by atoms with van der Waals surface area (Å²) in [7, 11) is 0. The van der Waals surface area contributed by atoms with E-state index in [1.807, 2.05) is 6.92 Å². The molecule has 0 fully saturated rings. The summed E-state index contributed by atoms with van der Waals surface area (Å²) < 4.78 is 0. The highest BCUT2D eigenvalue weighted by Gasteiger charge is 2.13. The molecule has 0 saturated carbocycles. The highest BCUT2D eigenvalue weighted by Crippen LogP contribution is 2.21. The van der Waals surface area contributed by atoms with Crippen LogP contribution in [0.15, 0.2) is 18.2 Å². The summed E-state index contributed by atoms with van der Waals surface area (Å²) in [6.07, 6.45) is 0.801. The number of hydrogen-bond acceptors (Lipinski definition) is 3.